The number of fused-ring (bicyclic) bond motifs is 1. The highest BCUT2D eigenvalue weighted by molar-refractivity contribution is 6.58. The fraction of sp³-hybridized carbons (Fsp3) is 0. The van der Waals surface area contributed by atoms with E-state index in [0.29, 0.717) is 10.9 Å². The maximum absolute atomic E-state index is 10.5. The van der Waals surface area contributed by atoms with Crippen LogP contribution in [0.3, 0.4) is 0 Å². The lowest BCUT2D eigenvalue weighted by atomic mass is 9.81. The van der Waals surface area contributed by atoms with Crippen molar-refractivity contribution in [2.45, 2.75) is 0 Å². The molecule has 2 N–H and O–H groups in total. The maximum Gasteiger partial charge on any atom is 0.490 e. The number of hydrogen-bond acceptors (Lipinski definition) is 5. The summed E-state index contributed by atoms with van der Waals surface area (Å²) in [5.74, 6) is 0. The summed E-state index contributed by atoms with van der Waals surface area (Å²) in [7, 11) is -1.59. The molecule has 1 aromatic carbocycles. The van der Waals surface area contributed by atoms with Crippen LogP contribution in [0.1, 0.15) is 0 Å². The van der Waals surface area contributed by atoms with Gasteiger partial charge in [0.05, 0.1) is 10.4 Å². The number of nitro benzene ring substituents is 1. The molecular weight excluding hydrogens is 211 g/mol. The van der Waals surface area contributed by atoms with Crippen LogP contribution in [0.5, 0.6) is 0 Å². The standard InChI is InChI=1S/C9H7BN2O4/c13-10(14)7-3-6-1-2-8(12(15)16)4-9(6)11-5-7/h1-5,13-14H. The molecule has 1 heterocycles. The lowest BCUT2D eigenvalue weighted by molar-refractivity contribution is -0.384. The highest BCUT2D eigenvalue weighted by atomic mass is 16.6. The first kappa shape index (κ1) is 10.5. The summed E-state index contributed by atoms with van der Waals surface area (Å²) in [6.45, 7) is 0. The molecular formula is C9H7BN2O4. The van der Waals surface area contributed by atoms with Gasteiger partial charge >= 0.3 is 7.12 Å². The van der Waals surface area contributed by atoms with Crippen LogP contribution >= 0.6 is 0 Å². The third kappa shape index (κ3) is 1.86. The van der Waals surface area contributed by atoms with E-state index in [1.165, 1.54) is 30.5 Å². The molecule has 0 spiro atoms. The molecule has 0 saturated heterocycles. The van der Waals surface area contributed by atoms with Crippen molar-refractivity contribution in [3.8, 4) is 0 Å². The van der Waals surface area contributed by atoms with E-state index in [0.717, 1.165) is 0 Å². The largest absolute Gasteiger partial charge is 0.490 e. The van der Waals surface area contributed by atoms with Crippen LogP contribution in [0.2, 0.25) is 0 Å². The molecule has 0 unspecified atom stereocenters. The summed E-state index contributed by atoms with van der Waals surface area (Å²) in [5.41, 5.74) is 0.650. The molecule has 0 saturated carbocycles. The van der Waals surface area contributed by atoms with E-state index < -0.39 is 12.0 Å². The van der Waals surface area contributed by atoms with Crippen LogP contribution in [0.15, 0.2) is 30.5 Å². The van der Waals surface area contributed by atoms with Crippen molar-refractivity contribution in [3.63, 3.8) is 0 Å². The molecule has 2 rings (SSSR count). The first-order chi connectivity index (χ1) is 7.58. The highest BCUT2D eigenvalue weighted by Crippen LogP contribution is 2.17. The Bertz CT molecular complexity index is 558. The van der Waals surface area contributed by atoms with Gasteiger partial charge in [0.2, 0.25) is 0 Å². The van der Waals surface area contributed by atoms with Crippen molar-refractivity contribution in [1.29, 1.82) is 0 Å². The van der Waals surface area contributed by atoms with E-state index in [1.54, 1.807) is 0 Å². The Morgan fingerprint density at radius 1 is 1.31 bits per heavy atom. The minimum atomic E-state index is -1.59. The summed E-state index contributed by atoms with van der Waals surface area (Å²) in [6, 6.07) is 5.73. The van der Waals surface area contributed by atoms with Crippen molar-refractivity contribution in [2.24, 2.45) is 0 Å². The van der Waals surface area contributed by atoms with Gasteiger partial charge in [-0.3, -0.25) is 15.1 Å². The summed E-state index contributed by atoms with van der Waals surface area (Å²) in [5, 5.41) is 29.0. The lowest BCUT2D eigenvalue weighted by Gasteiger charge is -2.01. The van der Waals surface area contributed by atoms with E-state index in [4.69, 9.17) is 10.0 Å². The van der Waals surface area contributed by atoms with Gasteiger partial charge in [0, 0.05) is 29.2 Å². The Morgan fingerprint density at radius 2 is 2.06 bits per heavy atom. The predicted molar refractivity (Wildman–Crippen MR) is 58.2 cm³/mol. The maximum atomic E-state index is 10.5. The molecule has 0 aliphatic rings. The van der Waals surface area contributed by atoms with Gasteiger partial charge in [0.15, 0.2) is 0 Å². The lowest BCUT2D eigenvalue weighted by Crippen LogP contribution is -2.29. The van der Waals surface area contributed by atoms with E-state index in [9.17, 15) is 10.1 Å². The summed E-state index contributed by atoms with van der Waals surface area (Å²) >= 11 is 0. The molecule has 0 bridgehead atoms. The smallest absolute Gasteiger partial charge is 0.423 e. The Hall–Kier alpha value is -1.99. The molecule has 0 aliphatic carbocycles. The van der Waals surface area contributed by atoms with Gasteiger partial charge in [-0.1, -0.05) is 6.07 Å². The molecule has 0 fully saturated rings. The second-order valence-corrected chi connectivity index (χ2v) is 3.28. The highest BCUT2D eigenvalue weighted by Gasteiger charge is 2.13. The SMILES string of the molecule is O=[N+]([O-])c1ccc2cc(B(O)O)cnc2c1. The van der Waals surface area contributed by atoms with Gasteiger partial charge < -0.3 is 10.0 Å². The van der Waals surface area contributed by atoms with Crippen molar-refractivity contribution >= 4 is 29.2 Å². The Balaban J connectivity index is 2.57. The number of rotatable bonds is 2. The minimum absolute atomic E-state index is 0.0442. The molecule has 2 aromatic rings. The van der Waals surface area contributed by atoms with Crippen molar-refractivity contribution < 1.29 is 15.0 Å². The normalized spacial score (nSPS) is 10.4. The Labute approximate surface area is 90.5 Å². The van der Waals surface area contributed by atoms with Gasteiger partial charge in [0.1, 0.15) is 0 Å². The van der Waals surface area contributed by atoms with Gasteiger partial charge in [-0.15, -0.1) is 0 Å². The summed E-state index contributed by atoms with van der Waals surface area (Å²) in [4.78, 5) is 13.9. The molecule has 80 valence electrons. The number of hydrogen-bond donors (Lipinski definition) is 2. The number of benzene rings is 1. The van der Waals surface area contributed by atoms with Crippen LogP contribution in [0.4, 0.5) is 5.69 Å². The van der Waals surface area contributed by atoms with Crippen LogP contribution in [-0.4, -0.2) is 27.1 Å². The van der Waals surface area contributed by atoms with E-state index in [1.807, 2.05) is 0 Å². The van der Waals surface area contributed by atoms with Crippen LogP contribution in [0, 0.1) is 10.1 Å². The molecule has 16 heavy (non-hydrogen) atoms. The molecule has 0 atom stereocenters. The zero-order valence-corrected chi connectivity index (χ0v) is 8.07. The quantitative estimate of drug-likeness (QED) is 0.414. The molecule has 0 aliphatic heterocycles. The van der Waals surface area contributed by atoms with Gasteiger partial charge in [0.25, 0.3) is 5.69 Å². The van der Waals surface area contributed by atoms with Crippen molar-refractivity contribution in [3.05, 3.63) is 40.6 Å². The number of nitro groups is 1. The van der Waals surface area contributed by atoms with Crippen LogP contribution in [-0.2, 0) is 0 Å². The molecule has 6 nitrogen and oxygen atoms in total. The van der Waals surface area contributed by atoms with Gasteiger partial charge in [-0.05, 0) is 6.07 Å². The van der Waals surface area contributed by atoms with Gasteiger partial charge in [-0.25, -0.2) is 0 Å². The number of nitrogens with zero attached hydrogens (tertiary/aromatic N) is 2. The second-order valence-electron chi connectivity index (χ2n) is 3.28. The van der Waals surface area contributed by atoms with Gasteiger partial charge in [-0.2, -0.15) is 0 Å². The third-order valence-corrected chi connectivity index (χ3v) is 2.20. The molecule has 0 amide bonds. The van der Waals surface area contributed by atoms with E-state index >= 15 is 0 Å². The minimum Gasteiger partial charge on any atom is -0.423 e. The summed E-state index contributed by atoms with van der Waals surface area (Å²) < 4.78 is 0. The van der Waals surface area contributed by atoms with Crippen LogP contribution in [0.25, 0.3) is 10.9 Å². The topological polar surface area (TPSA) is 96.5 Å². The number of aromatic nitrogens is 1. The zero-order valence-electron chi connectivity index (χ0n) is 8.07. The number of pyridine rings is 1. The Kier molecular flexibility index (Phi) is 2.55. The fourth-order valence-corrected chi connectivity index (χ4v) is 1.38. The molecule has 7 heteroatoms. The second kappa shape index (κ2) is 3.88. The predicted octanol–water partition coefficient (Wildman–Crippen LogP) is -0.177. The average molecular weight is 218 g/mol. The monoisotopic (exact) mass is 218 g/mol. The molecule has 1 aromatic heterocycles. The fourth-order valence-electron chi connectivity index (χ4n) is 1.38. The first-order valence-corrected chi connectivity index (χ1v) is 4.48. The summed E-state index contributed by atoms with van der Waals surface area (Å²) in [6.07, 6.45) is 1.27. The molecule has 0 radical (unpaired) electrons. The van der Waals surface area contributed by atoms with Crippen molar-refractivity contribution in [1.82, 2.24) is 4.98 Å². The van der Waals surface area contributed by atoms with E-state index in [-0.39, 0.29) is 11.2 Å². The van der Waals surface area contributed by atoms with E-state index in [2.05, 4.69) is 4.98 Å². The first-order valence-electron chi connectivity index (χ1n) is 4.48. The van der Waals surface area contributed by atoms with Crippen molar-refractivity contribution in [2.75, 3.05) is 0 Å². The Morgan fingerprint density at radius 3 is 2.69 bits per heavy atom. The third-order valence-electron chi connectivity index (χ3n) is 2.20. The van der Waals surface area contributed by atoms with Crippen LogP contribution < -0.4 is 5.46 Å². The number of non-ortho nitro benzene ring substituents is 1. The average Bonchev–Trinajstić information content (AvgIpc) is 2.27. The zero-order chi connectivity index (χ0) is 11.7.